The Bertz CT molecular complexity index is 623. The smallest absolute Gasteiger partial charge is 0.249 e. The summed E-state index contributed by atoms with van der Waals surface area (Å²) in [6, 6.07) is 3.63. The van der Waals surface area contributed by atoms with Crippen molar-refractivity contribution in [3.05, 3.63) is 29.5 Å². The van der Waals surface area contributed by atoms with Crippen molar-refractivity contribution in [2.45, 2.75) is 31.4 Å². The number of anilines is 1. The quantitative estimate of drug-likeness (QED) is 0.829. The lowest BCUT2D eigenvalue weighted by Gasteiger charge is -2.17. The lowest BCUT2D eigenvalue weighted by atomic mass is 10.2. The molecule has 8 heteroatoms. The van der Waals surface area contributed by atoms with Gasteiger partial charge in [0.1, 0.15) is 17.2 Å². The average molecular weight is 352 g/mol. The average Bonchev–Trinajstić information content (AvgIpc) is 3.30. The molecule has 0 saturated carbocycles. The fraction of sp³-hybridized carbons (Fsp3) is 0.533. The van der Waals surface area contributed by atoms with Crippen LogP contribution in [-0.2, 0) is 9.53 Å². The number of hydrogen-bond acceptors (Lipinski definition) is 6. The third-order valence-electron chi connectivity index (χ3n) is 3.76. The maximum Gasteiger partial charge on any atom is 0.249 e. The lowest BCUT2D eigenvalue weighted by molar-refractivity contribution is -0.119. The molecule has 2 aromatic heterocycles. The van der Waals surface area contributed by atoms with Crippen LogP contribution in [0.2, 0.25) is 0 Å². The van der Waals surface area contributed by atoms with E-state index in [1.807, 2.05) is 35.3 Å². The van der Waals surface area contributed by atoms with Gasteiger partial charge in [0, 0.05) is 19.0 Å². The Morgan fingerprint density at radius 1 is 1.52 bits per heavy atom. The molecule has 1 fully saturated rings. The zero-order valence-corrected chi connectivity index (χ0v) is 14.6. The normalized spacial score (nSPS) is 18.9. The molecule has 0 aliphatic carbocycles. The van der Waals surface area contributed by atoms with Crippen LogP contribution in [0.5, 0.6) is 0 Å². The molecular weight excluding hydrogens is 332 g/mol. The first-order valence-electron chi connectivity index (χ1n) is 7.65. The van der Waals surface area contributed by atoms with E-state index in [4.69, 9.17) is 4.74 Å². The first-order chi connectivity index (χ1) is 11.3. The van der Waals surface area contributed by atoms with Gasteiger partial charge in [-0.15, -0.1) is 10.2 Å². The molecule has 3 rings (SSSR count). The van der Waals surface area contributed by atoms with Crippen molar-refractivity contribution in [3.8, 4) is 0 Å². The van der Waals surface area contributed by atoms with Crippen molar-refractivity contribution >= 4 is 34.1 Å². The van der Waals surface area contributed by atoms with Gasteiger partial charge in [0.05, 0.1) is 0 Å². The van der Waals surface area contributed by atoms with Crippen LogP contribution in [0.15, 0.2) is 24.5 Å². The van der Waals surface area contributed by atoms with Crippen molar-refractivity contribution in [2.75, 3.05) is 23.9 Å². The van der Waals surface area contributed by atoms with E-state index in [0.717, 1.165) is 36.6 Å². The number of aromatic nitrogens is 3. The monoisotopic (exact) mass is 352 g/mol. The Kier molecular flexibility index (Phi) is 5.69. The Morgan fingerprint density at radius 3 is 3.04 bits per heavy atom. The second-order valence-corrected chi connectivity index (χ2v) is 7.36. The number of rotatable bonds is 7. The minimum atomic E-state index is -0.229. The van der Waals surface area contributed by atoms with Crippen LogP contribution in [0.4, 0.5) is 5.13 Å². The Balaban J connectivity index is 1.66. The van der Waals surface area contributed by atoms with Gasteiger partial charge in [0.25, 0.3) is 0 Å². The number of amides is 1. The van der Waals surface area contributed by atoms with E-state index in [0.29, 0.717) is 5.13 Å². The molecule has 6 nitrogen and oxygen atoms in total. The van der Waals surface area contributed by atoms with Crippen molar-refractivity contribution in [2.24, 2.45) is 0 Å². The zero-order valence-electron chi connectivity index (χ0n) is 13.0. The summed E-state index contributed by atoms with van der Waals surface area (Å²) >= 11 is 3.14. The van der Waals surface area contributed by atoms with Crippen LogP contribution in [0.3, 0.4) is 0 Å². The van der Waals surface area contributed by atoms with E-state index in [-0.39, 0.29) is 18.1 Å². The molecule has 0 radical (unpaired) electrons. The number of nitrogens with one attached hydrogen (secondary N) is 1. The highest BCUT2D eigenvalue weighted by Crippen LogP contribution is 2.32. The van der Waals surface area contributed by atoms with Gasteiger partial charge < -0.3 is 9.30 Å². The van der Waals surface area contributed by atoms with Crippen molar-refractivity contribution in [1.29, 1.82) is 0 Å². The zero-order chi connectivity index (χ0) is 16.1. The lowest BCUT2D eigenvalue weighted by Crippen LogP contribution is -2.25. The number of ether oxygens (including phenoxy) is 1. The molecule has 1 saturated heterocycles. The maximum absolute atomic E-state index is 12.6. The van der Waals surface area contributed by atoms with Crippen molar-refractivity contribution < 1.29 is 9.53 Å². The van der Waals surface area contributed by atoms with E-state index in [1.54, 1.807) is 11.8 Å². The first kappa shape index (κ1) is 16.5. The number of carbonyl (C=O) groups is 1. The minimum Gasteiger partial charge on any atom is -0.371 e. The molecule has 1 unspecified atom stereocenters. The molecule has 2 aromatic rings. The molecule has 0 aromatic carbocycles. The van der Waals surface area contributed by atoms with Crippen LogP contribution in [0.25, 0.3) is 0 Å². The van der Waals surface area contributed by atoms with Crippen LogP contribution in [0.1, 0.15) is 36.4 Å². The largest absolute Gasteiger partial charge is 0.371 e. The molecule has 23 heavy (non-hydrogen) atoms. The molecule has 124 valence electrons. The molecular formula is C15H20N4O2S2. The fourth-order valence-electron chi connectivity index (χ4n) is 2.58. The summed E-state index contributed by atoms with van der Waals surface area (Å²) < 4.78 is 7.54. The summed E-state index contributed by atoms with van der Waals surface area (Å²) in [5.74, 6) is 0.873. The van der Waals surface area contributed by atoms with Gasteiger partial charge in [-0.3, -0.25) is 10.1 Å². The highest BCUT2D eigenvalue weighted by Gasteiger charge is 2.24. The highest BCUT2D eigenvalue weighted by molar-refractivity contribution is 7.98. The topological polar surface area (TPSA) is 69.0 Å². The molecule has 3 heterocycles. The van der Waals surface area contributed by atoms with E-state index in [2.05, 4.69) is 15.5 Å². The molecule has 1 amide bonds. The predicted octanol–water partition coefficient (Wildman–Crippen LogP) is 3.12. The van der Waals surface area contributed by atoms with E-state index < -0.39 is 0 Å². The number of thioether (sulfide) groups is 1. The van der Waals surface area contributed by atoms with E-state index >= 15 is 0 Å². The van der Waals surface area contributed by atoms with E-state index in [9.17, 15) is 4.79 Å². The second-order valence-electron chi connectivity index (χ2n) is 5.36. The number of carbonyl (C=O) groups excluding carboxylic acids is 1. The molecule has 0 bridgehead atoms. The summed E-state index contributed by atoms with van der Waals surface area (Å²) in [5.41, 5.74) is 0. The van der Waals surface area contributed by atoms with Crippen LogP contribution >= 0.6 is 23.1 Å². The third kappa shape index (κ3) is 4.13. The molecule has 2 atom stereocenters. The van der Waals surface area contributed by atoms with Crippen LogP contribution in [0, 0.1) is 0 Å². The van der Waals surface area contributed by atoms with Gasteiger partial charge in [0.2, 0.25) is 11.0 Å². The highest BCUT2D eigenvalue weighted by atomic mass is 32.2. The van der Waals surface area contributed by atoms with Crippen LogP contribution in [-0.4, -0.2) is 39.3 Å². The minimum absolute atomic E-state index is 0.0369. The number of nitrogens with zero attached hydrogens (tertiary/aromatic N) is 3. The van der Waals surface area contributed by atoms with E-state index in [1.165, 1.54) is 11.3 Å². The van der Waals surface area contributed by atoms with Gasteiger partial charge >= 0.3 is 0 Å². The first-order valence-corrected chi connectivity index (χ1v) is 9.86. The SMILES string of the molecule is CSCC[C@@H](C(=O)Nc1nnc(C2CCCO2)s1)n1cccc1. The van der Waals surface area contributed by atoms with Crippen molar-refractivity contribution in [1.82, 2.24) is 14.8 Å². The summed E-state index contributed by atoms with van der Waals surface area (Å²) in [7, 11) is 0. The third-order valence-corrected chi connectivity index (χ3v) is 5.34. The fourth-order valence-corrected chi connectivity index (χ4v) is 3.87. The molecule has 1 aliphatic heterocycles. The maximum atomic E-state index is 12.6. The van der Waals surface area contributed by atoms with Gasteiger partial charge in [-0.05, 0) is 43.4 Å². The van der Waals surface area contributed by atoms with Gasteiger partial charge in [-0.1, -0.05) is 11.3 Å². The van der Waals surface area contributed by atoms with Gasteiger partial charge in [-0.25, -0.2) is 0 Å². The summed E-state index contributed by atoms with van der Waals surface area (Å²) in [6.45, 7) is 0.774. The summed E-state index contributed by atoms with van der Waals surface area (Å²) in [6.07, 6.45) is 8.72. The van der Waals surface area contributed by atoms with Gasteiger partial charge in [-0.2, -0.15) is 11.8 Å². The Morgan fingerprint density at radius 2 is 2.35 bits per heavy atom. The molecule has 1 aliphatic rings. The van der Waals surface area contributed by atoms with Crippen molar-refractivity contribution in [3.63, 3.8) is 0 Å². The predicted molar refractivity (Wildman–Crippen MR) is 92.9 cm³/mol. The van der Waals surface area contributed by atoms with Crippen LogP contribution < -0.4 is 5.32 Å². The number of hydrogen-bond donors (Lipinski definition) is 1. The summed E-state index contributed by atoms with van der Waals surface area (Å²) in [5, 5.41) is 12.5. The Labute approximate surface area is 143 Å². The molecule has 0 spiro atoms. The Hall–Kier alpha value is -1.38. The summed E-state index contributed by atoms with van der Waals surface area (Å²) in [4.78, 5) is 12.6. The standard InChI is InChI=1S/C15H20N4O2S2/c1-22-10-6-11(19-7-2-3-8-19)13(20)16-15-18-17-14(23-15)12-5-4-9-21-12/h2-3,7-8,11-12H,4-6,9-10H2,1H3,(H,16,18,20)/t11-,12?/m0/s1. The second kappa shape index (κ2) is 7.94. The molecule has 1 N–H and O–H groups in total. The van der Waals surface area contributed by atoms with Gasteiger partial charge in [0.15, 0.2) is 0 Å².